The van der Waals surface area contributed by atoms with Crippen molar-refractivity contribution < 1.29 is 14.3 Å². The average Bonchev–Trinajstić information content (AvgIpc) is 3.05. The first-order valence-corrected chi connectivity index (χ1v) is 6.30. The monoisotopic (exact) mass is 249 g/mol. The van der Waals surface area contributed by atoms with Crippen LogP contribution in [-0.2, 0) is 9.53 Å². The maximum Gasteiger partial charge on any atom is 0.326 e. The number of carbonyl (C=O) groups excluding carboxylic acids is 1. The molecular formula is C14H19NO3. The molecule has 0 aromatic heterocycles. The van der Waals surface area contributed by atoms with Gasteiger partial charge in [-0.2, -0.15) is 0 Å². The SMILES string of the molecule is CCOC(=O)C1(N)CC1c1cccc(OCC)c1. The van der Waals surface area contributed by atoms with Crippen molar-refractivity contribution in [2.45, 2.75) is 31.7 Å². The van der Waals surface area contributed by atoms with E-state index in [0.29, 0.717) is 19.6 Å². The first-order valence-electron chi connectivity index (χ1n) is 6.30. The van der Waals surface area contributed by atoms with E-state index < -0.39 is 5.54 Å². The number of esters is 1. The van der Waals surface area contributed by atoms with Crippen LogP contribution >= 0.6 is 0 Å². The number of rotatable bonds is 5. The lowest BCUT2D eigenvalue weighted by Gasteiger charge is -2.11. The second-order valence-electron chi connectivity index (χ2n) is 4.52. The van der Waals surface area contributed by atoms with Gasteiger partial charge in [-0.25, -0.2) is 0 Å². The largest absolute Gasteiger partial charge is 0.494 e. The highest BCUT2D eigenvalue weighted by Crippen LogP contribution is 2.50. The minimum atomic E-state index is -0.846. The molecule has 2 N–H and O–H groups in total. The molecule has 2 rings (SSSR count). The second-order valence-corrected chi connectivity index (χ2v) is 4.52. The van der Waals surface area contributed by atoms with Gasteiger partial charge >= 0.3 is 5.97 Å². The predicted octanol–water partition coefficient (Wildman–Crippen LogP) is 1.83. The van der Waals surface area contributed by atoms with Gasteiger partial charge in [-0.15, -0.1) is 0 Å². The van der Waals surface area contributed by atoms with Gasteiger partial charge in [0, 0.05) is 5.92 Å². The molecule has 1 fully saturated rings. The molecule has 18 heavy (non-hydrogen) atoms. The van der Waals surface area contributed by atoms with Gasteiger partial charge in [0.2, 0.25) is 0 Å². The van der Waals surface area contributed by atoms with E-state index in [-0.39, 0.29) is 11.9 Å². The Balaban J connectivity index is 2.10. The zero-order valence-corrected chi connectivity index (χ0v) is 10.8. The summed E-state index contributed by atoms with van der Waals surface area (Å²) in [5.74, 6) is 0.543. The Morgan fingerprint density at radius 3 is 2.89 bits per heavy atom. The molecule has 1 aromatic rings. The van der Waals surface area contributed by atoms with Crippen LogP contribution < -0.4 is 10.5 Å². The first-order chi connectivity index (χ1) is 8.61. The Bertz CT molecular complexity index is 446. The molecule has 0 saturated heterocycles. The lowest BCUT2D eigenvalue weighted by atomic mass is 10.1. The van der Waals surface area contributed by atoms with E-state index >= 15 is 0 Å². The fourth-order valence-electron chi connectivity index (χ4n) is 2.17. The Morgan fingerprint density at radius 2 is 2.22 bits per heavy atom. The number of hydrogen-bond acceptors (Lipinski definition) is 4. The fourth-order valence-corrected chi connectivity index (χ4v) is 2.17. The molecular weight excluding hydrogens is 230 g/mol. The van der Waals surface area contributed by atoms with Gasteiger partial charge in [-0.3, -0.25) is 4.79 Å². The molecule has 1 aromatic carbocycles. The summed E-state index contributed by atoms with van der Waals surface area (Å²) in [6, 6.07) is 7.74. The number of hydrogen-bond donors (Lipinski definition) is 1. The third-order valence-corrected chi connectivity index (χ3v) is 3.23. The Morgan fingerprint density at radius 1 is 1.44 bits per heavy atom. The van der Waals surface area contributed by atoms with Crippen LogP contribution in [-0.4, -0.2) is 24.7 Å². The maximum atomic E-state index is 11.7. The van der Waals surface area contributed by atoms with Crippen LogP contribution in [0.2, 0.25) is 0 Å². The zero-order valence-electron chi connectivity index (χ0n) is 10.8. The summed E-state index contributed by atoms with van der Waals surface area (Å²) >= 11 is 0. The van der Waals surface area contributed by atoms with Crippen LogP contribution in [0.1, 0.15) is 31.7 Å². The smallest absolute Gasteiger partial charge is 0.326 e. The van der Waals surface area contributed by atoms with Gasteiger partial charge < -0.3 is 15.2 Å². The third kappa shape index (κ3) is 2.34. The summed E-state index contributed by atoms with van der Waals surface area (Å²) in [6.45, 7) is 4.72. The average molecular weight is 249 g/mol. The molecule has 98 valence electrons. The quantitative estimate of drug-likeness (QED) is 0.809. The van der Waals surface area contributed by atoms with Crippen LogP contribution in [0.5, 0.6) is 5.75 Å². The molecule has 2 atom stereocenters. The Hall–Kier alpha value is -1.55. The summed E-state index contributed by atoms with van der Waals surface area (Å²) in [6.07, 6.45) is 0.640. The van der Waals surface area contributed by atoms with E-state index in [4.69, 9.17) is 15.2 Å². The number of nitrogens with two attached hydrogens (primary N) is 1. The van der Waals surface area contributed by atoms with Crippen molar-refractivity contribution in [1.82, 2.24) is 0 Å². The normalized spacial score (nSPS) is 25.6. The summed E-state index contributed by atoms with van der Waals surface area (Å²) in [5.41, 5.74) is 6.25. The molecule has 0 aliphatic heterocycles. The molecule has 0 spiro atoms. The van der Waals surface area contributed by atoms with E-state index in [2.05, 4.69) is 0 Å². The van der Waals surface area contributed by atoms with Crippen LogP contribution in [0.4, 0.5) is 0 Å². The van der Waals surface area contributed by atoms with Gasteiger partial charge in [0.15, 0.2) is 0 Å². The Labute approximate surface area is 107 Å². The number of carbonyl (C=O) groups is 1. The van der Waals surface area contributed by atoms with Crippen molar-refractivity contribution in [2.75, 3.05) is 13.2 Å². The minimum Gasteiger partial charge on any atom is -0.494 e. The van der Waals surface area contributed by atoms with Gasteiger partial charge in [-0.05, 0) is 38.0 Å². The van der Waals surface area contributed by atoms with Crippen LogP contribution in [0.25, 0.3) is 0 Å². The lowest BCUT2D eigenvalue weighted by Crippen LogP contribution is -2.36. The summed E-state index contributed by atoms with van der Waals surface area (Å²) < 4.78 is 10.4. The third-order valence-electron chi connectivity index (χ3n) is 3.23. The molecule has 4 heteroatoms. The van der Waals surface area contributed by atoms with Gasteiger partial charge in [0.25, 0.3) is 0 Å². The van der Waals surface area contributed by atoms with Crippen molar-refractivity contribution in [1.29, 1.82) is 0 Å². The molecule has 0 bridgehead atoms. The molecule has 0 heterocycles. The molecule has 1 saturated carbocycles. The van der Waals surface area contributed by atoms with Crippen molar-refractivity contribution in [3.8, 4) is 5.75 Å². The molecule has 0 amide bonds. The standard InChI is InChI=1S/C14H19NO3/c1-3-17-11-7-5-6-10(8-11)12-9-14(12,15)13(16)18-4-2/h5-8,12H,3-4,9,15H2,1-2H3. The van der Waals surface area contributed by atoms with Crippen molar-refractivity contribution in [3.63, 3.8) is 0 Å². The fraction of sp³-hybridized carbons (Fsp3) is 0.500. The number of ether oxygens (including phenoxy) is 2. The van der Waals surface area contributed by atoms with Gasteiger partial charge in [0.1, 0.15) is 11.3 Å². The van der Waals surface area contributed by atoms with Crippen LogP contribution in [0, 0.1) is 0 Å². The summed E-state index contributed by atoms with van der Waals surface area (Å²) in [5, 5.41) is 0. The molecule has 1 aliphatic rings. The van der Waals surface area contributed by atoms with Gasteiger partial charge in [0.05, 0.1) is 13.2 Å². The summed E-state index contributed by atoms with van der Waals surface area (Å²) in [4.78, 5) is 11.7. The maximum absolute atomic E-state index is 11.7. The number of benzene rings is 1. The molecule has 4 nitrogen and oxygen atoms in total. The minimum absolute atomic E-state index is 0.0388. The van der Waals surface area contributed by atoms with Crippen molar-refractivity contribution in [2.24, 2.45) is 5.73 Å². The van der Waals surface area contributed by atoms with E-state index in [0.717, 1.165) is 11.3 Å². The highest BCUT2D eigenvalue weighted by molar-refractivity contribution is 5.86. The molecule has 0 radical (unpaired) electrons. The highest BCUT2D eigenvalue weighted by atomic mass is 16.5. The van der Waals surface area contributed by atoms with E-state index in [9.17, 15) is 4.79 Å². The summed E-state index contributed by atoms with van der Waals surface area (Å²) in [7, 11) is 0. The molecule has 1 aliphatic carbocycles. The van der Waals surface area contributed by atoms with Crippen molar-refractivity contribution >= 4 is 5.97 Å². The topological polar surface area (TPSA) is 61.5 Å². The Kier molecular flexibility index (Phi) is 3.57. The predicted molar refractivity (Wildman–Crippen MR) is 68.5 cm³/mol. The highest BCUT2D eigenvalue weighted by Gasteiger charge is 2.59. The van der Waals surface area contributed by atoms with Gasteiger partial charge in [-0.1, -0.05) is 12.1 Å². The second kappa shape index (κ2) is 4.98. The van der Waals surface area contributed by atoms with E-state index in [1.54, 1.807) is 6.92 Å². The lowest BCUT2D eigenvalue weighted by molar-refractivity contribution is -0.146. The van der Waals surface area contributed by atoms with E-state index in [1.165, 1.54) is 0 Å². The van der Waals surface area contributed by atoms with Crippen molar-refractivity contribution in [3.05, 3.63) is 29.8 Å². The zero-order chi connectivity index (χ0) is 13.2. The van der Waals surface area contributed by atoms with Crippen LogP contribution in [0.3, 0.4) is 0 Å². The van der Waals surface area contributed by atoms with E-state index in [1.807, 2.05) is 31.2 Å². The van der Waals surface area contributed by atoms with Crippen LogP contribution in [0.15, 0.2) is 24.3 Å². The molecule has 2 unspecified atom stereocenters. The first kappa shape index (κ1) is 12.9.